The van der Waals surface area contributed by atoms with Gasteiger partial charge in [0.2, 0.25) is 5.95 Å². The molecule has 0 saturated carbocycles. The predicted octanol–water partition coefficient (Wildman–Crippen LogP) is 3.46. The summed E-state index contributed by atoms with van der Waals surface area (Å²) in [5, 5.41) is 18.8. The van der Waals surface area contributed by atoms with Crippen molar-refractivity contribution in [3.63, 3.8) is 0 Å². The number of anilines is 3. The van der Waals surface area contributed by atoms with Crippen LogP contribution in [0.5, 0.6) is 5.75 Å². The number of hydrogen-bond donors (Lipinski definition) is 4. The van der Waals surface area contributed by atoms with E-state index in [2.05, 4.69) is 50.9 Å². The monoisotopic (exact) mass is 493 g/mol. The maximum Gasteiger partial charge on any atom is 0.404 e. The second-order valence-electron chi connectivity index (χ2n) is 9.12. The first kappa shape index (κ1) is 25.3. The molecule has 0 aliphatic carbocycles. The number of methoxy groups -OCH3 is 1. The molecule has 1 aliphatic heterocycles. The molecule has 1 saturated heterocycles. The standard InChI is InChI=1S/C26H35N7O3/c1-32(2)22-9-6-10-23(36-3)20(22)17-33-15-11-18(12-16-33)29-24-19-7-4-5-8-21(19)30-25(31-24)27-13-14-28-26(34)35/h4-10,18,28H,11-17H2,1-3H3,(H,34,35)(H2,27,29,30,31). The van der Waals surface area contributed by atoms with Crippen molar-refractivity contribution in [2.75, 3.05) is 62.9 Å². The van der Waals surface area contributed by atoms with Crippen LogP contribution in [0.1, 0.15) is 18.4 Å². The number of hydrogen-bond acceptors (Lipinski definition) is 8. The van der Waals surface area contributed by atoms with Gasteiger partial charge in [0.05, 0.1) is 12.6 Å². The lowest BCUT2D eigenvalue weighted by Gasteiger charge is -2.34. The molecule has 36 heavy (non-hydrogen) atoms. The fourth-order valence-electron chi connectivity index (χ4n) is 4.59. The summed E-state index contributed by atoms with van der Waals surface area (Å²) in [5.74, 6) is 2.20. The topological polar surface area (TPSA) is 115 Å². The SMILES string of the molecule is COc1cccc(N(C)C)c1CN1CCC(Nc2nc(NCCNC(=O)O)nc3ccccc23)CC1. The lowest BCUT2D eigenvalue weighted by molar-refractivity contribution is 0.195. The van der Waals surface area contributed by atoms with Crippen molar-refractivity contribution in [1.82, 2.24) is 20.2 Å². The summed E-state index contributed by atoms with van der Waals surface area (Å²) in [6.45, 7) is 3.46. The van der Waals surface area contributed by atoms with E-state index in [0.29, 0.717) is 18.5 Å². The zero-order valence-electron chi connectivity index (χ0n) is 21.1. The number of piperidine rings is 1. The number of nitrogens with one attached hydrogen (secondary N) is 3. The van der Waals surface area contributed by atoms with Crippen LogP contribution in [0.3, 0.4) is 0 Å². The molecule has 2 heterocycles. The number of carbonyl (C=O) groups is 1. The highest BCUT2D eigenvalue weighted by atomic mass is 16.5. The first-order valence-electron chi connectivity index (χ1n) is 12.2. The van der Waals surface area contributed by atoms with E-state index >= 15 is 0 Å². The van der Waals surface area contributed by atoms with Gasteiger partial charge in [-0.3, -0.25) is 4.90 Å². The molecule has 1 aromatic heterocycles. The third-order valence-electron chi connectivity index (χ3n) is 6.41. The number of para-hydroxylation sites is 1. The van der Waals surface area contributed by atoms with Crippen LogP contribution in [0.15, 0.2) is 42.5 Å². The molecular formula is C26H35N7O3. The second-order valence-corrected chi connectivity index (χ2v) is 9.12. The summed E-state index contributed by atoms with van der Waals surface area (Å²) >= 11 is 0. The molecule has 0 unspecified atom stereocenters. The van der Waals surface area contributed by atoms with Crippen LogP contribution < -0.4 is 25.6 Å². The average Bonchev–Trinajstić information content (AvgIpc) is 2.87. The number of amides is 1. The lowest BCUT2D eigenvalue weighted by Crippen LogP contribution is -2.39. The maximum atomic E-state index is 10.7. The minimum Gasteiger partial charge on any atom is -0.496 e. The Morgan fingerprint density at radius 3 is 2.61 bits per heavy atom. The van der Waals surface area contributed by atoms with E-state index in [1.807, 2.05) is 36.4 Å². The largest absolute Gasteiger partial charge is 0.496 e. The Morgan fingerprint density at radius 2 is 1.89 bits per heavy atom. The van der Waals surface area contributed by atoms with Crippen molar-refractivity contribution in [2.24, 2.45) is 0 Å². The van der Waals surface area contributed by atoms with Gasteiger partial charge in [-0.25, -0.2) is 9.78 Å². The van der Waals surface area contributed by atoms with Gasteiger partial charge >= 0.3 is 6.09 Å². The van der Waals surface area contributed by atoms with Crippen LogP contribution in [0, 0.1) is 0 Å². The smallest absolute Gasteiger partial charge is 0.404 e. The Kier molecular flexibility index (Phi) is 8.27. The summed E-state index contributed by atoms with van der Waals surface area (Å²) < 4.78 is 5.66. The van der Waals surface area contributed by atoms with Crippen LogP contribution >= 0.6 is 0 Å². The molecule has 1 aliphatic rings. The summed E-state index contributed by atoms with van der Waals surface area (Å²) in [5.41, 5.74) is 3.24. The molecule has 1 fully saturated rings. The fourth-order valence-corrected chi connectivity index (χ4v) is 4.59. The van der Waals surface area contributed by atoms with Gasteiger partial charge in [-0.1, -0.05) is 18.2 Å². The van der Waals surface area contributed by atoms with E-state index in [1.54, 1.807) is 7.11 Å². The Morgan fingerprint density at radius 1 is 1.11 bits per heavy atom. The van der Waals surface area contributed by atoms with Crippen molar-refractivity contribution < 1.29 is 14.6 Å². The Labute approximate surface area is 211 Å². The Hall–Kier alpha value is -3.79. The van der Waals surface area contributed by atoms with Crippen molar-refractivity contribution in [2.45, 2.75) is 25.4 Å². The molecule has 192 valence electrons. The van der Waals surface area contributed by atoms with Crippen molar-refractivity contribution in [3.05, 3.63) is 48.0 Å². The highest BCUT2D eigenvalue weighted by molar-refractivity contribution is 5.90. The van der Waals surface area contributed by atoms with E-state index < -0.39 is 6.09 Å². The highest BCUT2D eigenvalue weighted by Gasteiger charge is 2.23. The van der Waals surface area contributed by atoms with Crippen LogP contribution in [0.2, 0.25) is 0 Å². The van der Waals surface area contributed by atoms with Crippen LogP contribution in [-0.4, -0.2) is 79.5 Å². The van der Waals surface area contributed by atoms with Gasteiger partial charge in [0.15, 0.2) is 0 Å². The van der Waals surface area contributed by atoms with E-state index in [-0.39, 0.29) is 6.54 Å². The number of carboxylic acid groups (broad SMARTS) is 1. The first-order valence-corrected chi connectivity index (χ1v) is 12.2. The number of likely N-dealkylation sites (tertiary alicyclic amines) is 1. The average molecular weight is 494 g/mol. The predicted molar refractivity (Wildman–Crippen MR) is 143 cm³/mol. The van der Waals surface area contributed by atoms with E-state index in [9.17, 15) is 4.79 Å². The van der Waals surface area contributed by atoms with Gasteiger partial charge in [0, 0.05) is 69.5 Å². The molecular weight excluding hydrogens is 458 g/mol. The zero-order chi connectivity index (χ0) is 25.5. The van der Waals surface area contributed by atoms with Gasteiger partial charge in [0.1, 0.15) is 11.6 Å². The van der Waals surface area contributed by atoms with E-state index in [4.69, 9.17) is 14.8 Å². The number of aromatic nitrogens is 2. The molecule has 2 aromatic carbocycles. The first-order chi connectivity index (χ1) is 17.4. The second kappa shape index (κ2) is 11.8. The Balaban J connectivity index is 1.41. The third kappa shape index (κ3) is 6.25. The van der Waals surface area contributed by atoms with Gasteiger partial charge in [0.25, 0.3) is 0 Å². The van der Waals surface area contributed by atoms with Crippen molar-refractivity contribution in [3.8, 4) is 5.75 Å². The molecule has 0 bridgehead atoms. The molecule has 1 amide bonds. The van der Waals surface area contributed by atoms with E-state index in [0.717, 1.165) is 54.9 Å². The molecule has 10 heteroatoms. The third-order valence-corrected chi connectivity index (χ3v) is 6.41. The fraction of sp³-hybridized carbons (Fsp3) is 0.423. The van der Waals surface area contributed by atoms with Crippen LogP contribution in [-0.2, 0) is 6.54 Å². The summed E-state index contributed by atoms with van der Waals surface area (Å²) in [6, 6.07) is 14.4. The molecule has 0 radical (unpaired) electrons. The number of benzene rings is 2. The molecule has 0 atom stereocenters. The van der Waals surface area contributed by atoms with Gasteiger partial charge in [-0.15, -0.1) is 0 Å². The summed E-state index contributed by atoms with van der Waals surface area (Å²) in [7, 11) is 5.85. The number of fused-ring (bicyclic) bond motifs is 1. The van der Waals surface area contributed by atoms with Gasteiger partial charge < -0.3 is 30.7 Å². The lowest BCUT2D eigenvalue weighted by atomic mass is 10.0. The molecule has 4 rings (SSSR count). The highest BCUT2D eigenvalue weighted by Crippen LogP contribution is 2.31. The van der Waals surface area contributed by atoms with E-state index in [1.165, 1.54) is 11.3 Å². The van der Waals surface area contributed by atoms with Gasteiger partial charge in [-0.2, -0.15) is 4.98 Å². The molecule has 0 spiro atoms. The molecule has 3 aromatic rings. The van der Waals surface area contributed by atoms with Crippen LogP contribution in [0.25, 0.3) is 10.9 Å². The van der Waals surface area contributed by atoms with Crippen LogP contribution in [0.4, 0.5) is 22.2 Å². The molecule has 10 nitrogen and oxygen atoms in total. The number of rotatable bonds is 10. The minimum absolute atomic E-state index is 0.272. The van der Waals surface area contributed by atoms with Crippen molar-refractivity contribution >= 4 is 34.4 Å². The maximum absolute atomic E-state index is 10.7. The van der Waals surface area contributed by atoms with Crippen molar-refractivity contribution in [1.29, 1.82) is 0 Å². The number of ether oxygens (including phenoxy) is 1. The number of nitrogens with zero attached hydrogens (tertiary/aromatic N) is 4. The zero-order valence-corrected chi connectivity index (χ0v) is 21.1. The molecule has 4 N–H and O–H groups in total. The summed E-state index contributed by atoms with van der Waals surface area (Å²) in [6.07, 6.45) is 0.945. The summed E-state index contributed by atoms with van der Waals surface area (Å²) in [4.78, 5) is 24.6. The minimum atomic E-state index is -1.05. The quantitative estimate of drug-likeness (QED) is 0.315. The Bertz CT molecular complexity index is 1180. The van der Waals surface area contributed by atoms with Gasteiger partial charge in [-0.05, 0) is 37.1 Å². The normalized spacial score (nSPS) is 14.4.